The second kappa shape index (κ2) is 10.5. The second-order valence-electron chi connectivity index (χ2n) is 9.00. The highest BCUT2D eigenvalue weighted by Crippen LogP contribution is 2.23. The molecule has 4 rings (SSSR count). The number of hydrogen-bond donors (Lipinski definition) is 1. The van der Waals surface area contributed by atoms with Crippen molar-refractivity contribution < 1.29 is 9.32 Å². The van der Waals surface area contributed by atoms with E-state index in [9.17, 15) is 4.79 Å². The molecule has 2 heterocycles. The summed E-state index contributed by atoms with van der Waals surface area (Å²) in [7, 11) is 0. The monoisotopic (exact) mass is 457 g/mol. The van der Waals surface area contributed by atoms with E-state index in [1.807, 2.05) is 55.9 Å². The smallest absolute Gasteiger partial charge is 0.255 e. The number of aryl methyl sites for hydroxylation is 3. The summed E-state index contributed by atoms with van der Waals surface area (Å²) in [5.41, 5.74) is 5.68. The molecule has 0 spiro atoms. The number of hydrogen-bond acceptors (Lipinski definition) is 5. The Kier molecular flexibility index (Phi) is 7.21. The predicted octanol–water partition coefficient (Wildman–Crippen LogP) is 5.08. The summed E-state index contributed by atoms with van der Waals surface area (Å²) >= 11 is 0. The van der Waals surface area contributed by atoms with Crippen molar-refractivity contribution in [3.05, 3.63) is 88.7 Å². The van der Waals surface area contributed by atoms with Crippen molar-refractivity contribution in [1.82, 2.24) is 25.2 Å². The van der Waals surface area contributed by atoms with E-state index in [4.69, 9.17) is 9.62 Å². The maximum absolute atomic E-state index is 13.1. The van der Waals surface area contributed by atoms with E-state index in [1.165, 1.54) is 5.56 Å². The summed E-state index contributed by atoms with van der Waals surface area (Å²) < 4.78 is 7.12. The second-order valence-corrected chi connectivity index (χ2v) is 9.00. The van der Waals surface area contributed by atoms with E-state index < -0.39 is 0 Å². The third-order valence-electron chi connectivity index (χ3n) is 5.65. The van der Waals surface area contributed by atoms with Crippen molar-refractivity contribution in [2.45, 2.75) is 53.0 Å². The fraction of sp³-hybridized carbons (Fsp3) is 0.333. The maximum Gasteiger partial charge on any atom is 0.255 e. The first-order chi connectivity index (χ1) is 16.4. The number of amides is 1. The average Bonchev–Trinajstić information content (AvgIpc) is 3.46. The normalized spacial score (nSPS) is 11.2. The van der Waals surface area contributed by atoms with Gasteiger partial charge in [0, 0.05) is 30.6 Å². The minimum atomic E-state index is -0.140. The van der Waals surface area contributed by atoms with Gasteiger partial charge in [0.1, 0.15) is 5.69 Å². The number of aromatic nitrogens is 4. The molecule has 0 aliphatic heterocycles. The van der Waals surface area contributed by atoms with Crippen molar-refractivity contribution in [1.29, 1.82) is 0 Å². The van der Waals surface area contributed by atoms with Crippen LogP contribution in [-0.4, -0.2) is 32.4 Å². The van der Waals surface area contributed by atoms with Crippen molar-refractivity contribution >= 4 is 5.91 Å². The van der Waals surface area contributed by atoms with Gasteiger partial charge in [-0.15, -0.1) is 0 Å². The van der Waals surface area contributed by atoms with Crippen LogP contribution in [0.4, 0.5) is 0 Å². The molecule has 7 heteroatoms. The first-order valence-corrected chi connectivity index (χ1v) is 11.7. The van der Waals surface area contributed by atoms with E-state index >= 15 is 0 Å². The number of nitrogens with one attached hydrogen (secondary N) is 1. The Bertz CT molecular complexity index is 1240. The van der Waals surface area contributed by atoms with Crippen LogP contribution in [0.3, 0.4) is 0 Å². The zero-order chi connectivity index (χ0) is 24.1. The SMILES string of the molecule is Cc1ccc(Cn2cc(C(=O)NCCCc3nc(C(C)C)no3)c(-c3ccc(C)cc3)n2)cc1. The lowest BCUT2D eigenvalue weighted by Crippen LogP contribution is -2.25. The number of rotatable bonds is 9. The number of nitrogens with zero attached hydrogens (tertiary/aromatic N) is 4. The lowest BCUT2D eigenvalue weighted by atomic mass is 10.1. The number of carbonyl (C=O) groups excluding carboxylic acids is 1. The number of benzene rings is 2. The van der Waals surface area contributed by atoms with Crippen LogP contribution in [0.2, 0.25) is 0 Å². The van der Waals surface area contributed by atoms with Crippen molar-refractivity contribution in [3.8, 4) is 11.3 Å². The van der Waals surface area contributed by atoms with Gasteiger partial charge < -0.3 is 9.84 Å². The number of carbonyl (C=O) groups is 1. The summed E-state index contributed by atoms with van der Waals surface area (Å²) in [6.07, 6.45) is 3.16. The molecule has 0 aliphatic carbocycles. The zero-order valence-corrected chi connectivity index (χ0v) is 20.2. The lowest BCUT2D eigenvalue weighted by Gasteiger charge is -2.05. The first-order valence-electron chi connectivity index (χ1n) is 11.7. The van der Waals surface area contributed by atoms with Crippen molar-refractivity contribution in [2.24, 2.45) is 0 Å². The molecule has 34 heavy (non-hydrogen) atoms. The molecule has 7 nitrogen and oxygen atoms in total. The van der Waals surface area contributed by atoms with E-state index in [1.54, 1.807) is 0 Å². The van der Waals surface area contributed by atoms with Crippen LogP contribution in [0.1, 0.15) is 64.9 Å². The van der Waals surface area contributed by atoms with Gasteiger partial charge in [0.2, 0.25) is 5.89 Å². The molecule has 1 N–H and O–H groups in total. The molecule has 176 valence electrons. The van der Waals surface area contributed by atoms with E-state index in [0.717, 1.165) is 16.7 Å². The molecule has 1 amide bonds. The van der Waals surface area contributed by atoms with Crippen molar-refractivity contribution in [3.63, 3.8) is 0 Å². The summed E-state index contributed by atoms with van der Waals surface area (Å²) in [5.74, 6) is 1.40. The Morgan fingerprint density at radius 2 is 1.71 bits per heavy atom. The zero-order valence-electron chi connectivity index (χ0n) is 20.2. The fourth-order valence-corrected chi connectivity index (χ4v) is 3.61. The van der Waals surface area contributed by atoms with Crippen LogP contribution in [0.5, 0.6) is 0 Å². The molecule has 0 fully saturated rings. The topological polar surface area (TPSA) is 85.8 Å². The van der Waals surface area contributed by atoms with Gasteiger partial charge in [0.05, 0.1) is 12.1 Å². The van der Waals surface area contributed by atoms with Crippen LogP contribution in [0.25, 0.3) is 11.3 Å². The van der Waals surface area contributed by atoms with Gasteiger partial charge in [-0.25, -0.2) is 0 Å². The molecule has 0 atom stereocenters. The summed E-state index contributed by atoms with van der Waals surface area (Å²) in [4.78, 5) is 17.5. The third kappa shape index (κ3) is 5.78. The van der Waals surface area contributed by atoms with Crippen LogP contribution in [0.15, 0.2) is 59.3 Å². The van der Waals surface area contributed by atoms with E-state index in [-0.39, 0.29) is 11.8 Å². The Hall–Kier alpha value is -3.74. The summed E-state index contributed by atoms with van der Waals surface area (Å²) in [6.45, 7) is 9.27. The molecular formula is C27H31N5O2. The predicted molar refractivity (Wildman–Crippen MR) is 132 cm³/mol. The molecule has 0 saturated heterocycles. The molecule has 2 aromatic carbocycles. The van der Waals surface area contributed by atoms with Crippen LogP contribution in [0, 0.1) is 13.8 Å². The molecule has 0 aliphatic rings. The Labute approximate surface area is 200 Å². The molecule has 0 unspecified atom stereocenters. The van der Waals surface area contributed by atoms with Crippen LogP contribution >= 0.6 is 0 Å². The minimum absolute atomic E-state index is 0.140. The molecular weight excluding hydrogens is 426 g/mol. The van der Waals surface area contributed by atoms with Gasteiger partial charge in [-0.2, -0.15) is 10.1 Å². The lowest BCUT2D eigenvalue weighted by molar-refractivity contribution is 0.0953. The van der Waals surface area contributed by atoms with Gasteiger partial charge >= 0.3 is 0 Å². The first kappa shape index (κ1) is 23.4. The third-order valence-corrected chi connectivity index (χ3v) is 5.65. The van der Waals surface area contributed by atoms with Gasteiger partial charge in [-0.1, -0.05) is 78.7 Å². The molecule has 0 radical (unpaired) electrons. The summed E-state index contributed by atoms with van der Waals surface area (Å²) in [6, 6.07) is 16.4. The fourth-order valence-electron chi connectivity index (χ4n) is 3.61. The van der Waals surface area contributed by atoms with E-state index in [2.05, 4.69) is 46.6 Å². The average molecular weight is 458 g/mol. The van der Waals surface area contributed by atoms with E-state index in [0.29, 0.717) is 48.9 Å². The van der Waals surface area contributed by atoms with Crippen LogP contribution < -0.4 is 5.32 Å². The molecule has 0 bridgehead atoms. The van der Waals surface area contributed by atoms with Crippen molar-refractivity contribution in [2.75, 3.05) is 6.54 Å². The highest BCUT2D eigenvalue weighted by atomic mass is 16.5. The Morgan fingerprint density at radius 3 is 2.35 bits per heavy atom. The molecule has 4 aromatic rings. The van der Waals surface area contributed by atoms with Gasteiger partial charge in [0.25, 0.3) is 5.91 Å². The quantitative estimate of drug-likeness (QED) is 0.354. The summed E-state index contributed by atoms with van der Waals surface area (Å²) in [5, 5.41) is 11.8. The Morgan fingerprint density at radius 1 is 1.03 bits per heavy atom. The minimum Gasteiger partial charge on any atom is -0.352 e. The standard InChI is InChI=1S/C27H31N5O2/c1-18(2)26-29-24(34-31-26)6-5-15-28-27(33)23-17-32(16-21-11-7-19(3)8-12-21)30-25(23)22-13-9-20(4)10-14-22/h7-14,17-18H,5-6,15-16H2,1-4H3,(H,28,33). The highest BCUT2D eigenvalue weighted by molar-refractivity contribution is 5.99. The van der Waals surface area contributed by atoms with Crippen LogP contribution in [-0.2, 0) is 13.0 Å². The van der Waals surface area contributed by atoms with Gasteiger partial charge in [-0.05, 0) is 25.8 Å². The van der Waals surface area contributed by atoms with Gasteiger partial charge in [0.15, 0.2) is 5.82 Å². The molecule has 0 saturated carbocycles. The van der Waals surface area contributed by atoms with Gasteiger partial charge in [-0.3, -0.25) is 9.48 Å². The maximum atomic E-state index is 13.1. The highest BCUT2D eigenvalue weighted by Gasteiger charge is 2.18. The Balaban J connectivity index is 1.46. The largest absolute Gasteiger partial charge is 0.352 e. The molecule has 2 aromatic heterocycles.